The Morgan fingerprint density at radius 2 is 1.85 bits per heavy atom. The summed E-state index contributed by atoms with van der Waals surface area (Å²) < 4.78 is 5.65. The number of amides is 3. The molecule has 0 bridgehead atoms. The average molecular weight is 658 g/mol. The first kappa shape index (κ1) is 34.6. The van der Waals surface area contributed by atoms with Gasteiger partial charge in [-0.05, 0) is 89.2 Å². The van der Waals surface area contributed by atoms with E-state index in [2.05, 4.69) is 25.6 Å². The maximum Gasteiger partial charge on any atom is 0.329 e. The quantitative estimate of drug-likeness (QED) is 0.112. The Balaban J connectivity index is 1.36. The standard InChI is InChI=1S/C36H47N7O5/c1-22(26-19-38-27-12-6-5-11-25(26)27)31(33(45)41-29(13-7-8-16-37)35(47)48-36(2,3)4)42-32(44)24-10-9-17-43(20-24)34(46)23-14-15-28-30(18-23)40-21-39-28/h5-6,11-12,14-15,18-19,21-22,24,29,31,38H,7-10,13,16-17,20,37H2,1-4H3,(H,39,40)(H,41,45)(H,42,44)/t22-,24?,29-,31?/m0/s1. The van der Waals surface area contributed by atoms with Crippen LogP contribution in [0.3, 0.4) is 0 Å². The van der Waals surface area contributed by atoms with E-state index in [1.54, 1.807) is 50.2 Å². The van der Waals surface area contributed by atoms with Gasteiger partial charge in [0.2, 0.25) is 11.8 Å². The second-order valence-electron chi connectivity index (χ2n) is 13.7. The second-order valence-corrected chi connectivity index (χ2v) is 13.7. The summed E-state index contributed by atoms with van der Waals surface area (Å²) in [6.07, 6.45) is 6.32. The van der Waals surface area contributed by atoms with Crippen molar-refractivity contribution in [2.75, 3.05) is 19.6 Å². The van der Waals surface area contributed by atoms with Crippen molar-refractivity contribution in [3.05, 3.63) is 66.1 Å². The number of benzene rings is 2. The lowest BCUT2D eigenvalue weighted by atomic mass is 9.90. The number of likely N-dealkylation sites (tertiary alicyclic amines) is 1. The van der Waals surface area contributed by atoms with Crippen LogP contribution in [-0.4, -0.2) is 80.9 Å². The minimum Gasteiger partial charge on any atom is -0.458 e. The third-order valence-electron chi connectivity index (χ3n) is 8.89. The molecular formula is C36H47N7O5. The smallest absolute Gasteiger partial charge is 0.329 e. The zero-order valence-corrected chi connectivity index (χ0v) is 28.2. The van der Waals surface area contributed by atoms with Crippen molar-refractivity contribution < 1.29 is 23.9 Å². The minimum atomic E-state index is -1.01. The van der Waals surface area contributed by atoms with Crippen LogP contribution in [0.2, 0.25) is 0 Å². The van der Waals surface area contributed by atoms with Crippen molar-refractivity contribution in [2.45, 2.75) is 83.4 Å². The molecule has 3 heterocycles. The fourth-order valence-corrected chi connectivity index (χ4v) is 6.34. The van der Waals surface area contributed by atoms with Gasteiger partial charge in [-0.25, -0.2) is 9.78 Å². The molecule has 2 aromatic carbocycles. The van der Waals surface area contributed by atoms with E-state index in [-0.39, 0.29) is 18.4 Å². The molecule has 2 unspecified atom stereocenters. The van der Waals surface area contributed by atoms with Gasteiger partial charge < -0.3 is 36.0 Å². The van der Waals surface area contributed by atoms with Gasteiger partial charge in [0.15, 0.2) is 0 Å². The number of piperidine rings is 1. The zero-order valence-electron chi connectivity index (χ0n) is 28.2. The first-order valence-electron chi connectivity index (χ1n) is 16.8. The van der Waals surface area contributed by atoms with Crippen LogP contribution in [0, 0.1) is 5.92 Å². The molecule has 48 heavy (non-hydrogen) atoms. The number of ether oxygens (including phenoxy) is 1. The summed E-state index contributed by atoms with van der Waals surface area (Å²) in [7, 11) is 0. The van der Waals surface area contributed by atoms with Gasteiger partial charge in [-0.1, -0.05) is 25.1 Å². The highest BCUT2D eigenvalue weighted by atomic mass is 16.6. The number of esters is 1. The van der Waals surface area contributed by atoms with E-state index >= 15 is 0 Å². The topological polar surface area (TPSA) is 175 Å². The normalized spacial score (nSPS) is 17.1. The molecule has 256 valence electrons. The van der Waals surface area contributed by atoms with Crippen LogP contribution in [0.1, 0.15) is 81.6 Å². The van der Waals surface area contributed by atoms with E-state index in [4.69, 9.17) is 10.5 Å². The number of carbonyl (C=O) groups excluding carboxylic acids is 4. The van der Waals surface area contributed by atoms with Crippen LogP contribution in [0.4, 0.5) is 0 Å². The van der Waals surface area contributed by atoms with Crippen molar-refractivity contribution in [1.29, 1.82) is 0 Å². The van der Waals surface area contributed by atoms with E-state index in [0.29, 0.717) is 50.8 Å². The predicted molar refractivity (Wildman–Crippen MR) is 184 cm³/mol. The minimum absolute atomic E-state index is 0.164. The number of H-pyrrole nitrogens is 2. The maximum atomic E-state index is 14.1. The van der Waals surface area contributed by atoms with E-state index in [0.717, 1.165) is 27.5 Å². The lowest BCUT2D eigenvalue weighted by molar-refractivity contribution is -0.159. The number of para-hydroxylation sites is 1. The van der Waals surface area contributed by atoms with Crippen LogP contribution >= 0.6 is 0 Å². The summed E-state index contributed by atoms with van der Waals surface area (Å²) in [5, 5.41) is 6.87. The highest BCUT2D eigenvalue weighted by Crippen LogP contribution is 2.29. The molecule has 2 aromatic heterocycles. The van der Waals surface area contributed by atoms with Crippen molar-refractivity contribution in [1.82, 2.24) is 30.5 Å². The first-order chi connectivity index (χ1) is 22.9. The Labute approximate surface area is 280 Å². The molecule has 5 rings (SSSR count). The van der Waals surface area contributed by atoms with Gasteiger partial charge in [-0.3, -0.25) is 14.4 Å². The van der Waals surface area contributed by atoms with Gasteiger partial charge in [0.25, 0.3) is 5.91 Å². The first-order valence-corrected chi connectivity index (χ1v) is 16.8. The number of nitrogens with zero attached hydrogens (tertiary/aromatic N) is 2. The Morgan fingerprint density at radius 1 is 1.06 bits per heavy atom. The van der Waals surface area contributed by atoms with Gasteiger partial charge in [0, 0.05) is 41.7 Å². The monoisotopic (exact) mass is 657 g/mol. The fraction of sp³-hybridized carbons (Fsp3) is 0.472. The maximum absolute atomic E-state index is 14.1. The number of nitrogens with two attached hydrogens (primary N) is 1. The largest absolute Gasteiger partial charge is 0.458 e. The summed E-state index contributed by atoms with van der Waals surface area (Å²) in [5.74, 6) is -2.48. The molecule has 0 saturated carbocycles. The van der Waals surface area contributed by atoms with Gasteiger partial charge in [0.1, 0.15) is 17.7 Å². The molecule has 3 amide bonds. The molecule has 4 atom stereocenters. The number of nitrogens with one attached hydrogen (secondary N) is 4. The fourth-order valence-electron chi connectivity index (χ4n) is 6.34. The third-order valence-corrected chi connectivity index (χ3v) is 8.89. The molecule has 1 aliphatic heterocycles. The summed E-state index contributed by atoms with van der Waals surface area (Å²) in [4.78, 5) is 67.0. The molecule has 12 nitrogen and oxygen atoms in total. The summed E-state index contributed by atoms with van der Waals surface area (Å²) >= 11 is 0. The predicted octanol–water partition coefficient (Wildman–Crippen LogP) is 4.14. The molecular weight excluding hydrogens is 610 g/mol. The number of aromatic amines is 2. The van der Waals surface area contributed by atoms with Gasteiger partial charge >= 0.3 is 5.97 Å². The van der Waals surface area contributed by atoms with E-state index < -0.39 is 41.4 Å². The Bertz CT molecular complexity index is 1760. The van der Waals surface area contributed by atoms with Crippen LogP contribution in [0.25, 0.3) is 21.9 Å². The van der Waals surface area contributed by atoms with Crippen LogP contribution in [0.15, 0.2) is 55.0 Å². The number of unbranched alkanes of at least 4 members (excludes halogenated alkanes) is 1. The Morgan fingerprint density at radius 3 is 2.62 bits per heavy atom. The lowest BCUT2D eigenvalue weighted by Gasteiger charge is -2.34. The molecule has 0 radical (unpaired) electrons. The Hall–Kier alpha value is -4.71. The van der Waals surface area contributed by atoms with E-state index in [1.165, 1.54) is 0 Å². The summed E-state index contributed by atoms with van der Waals surface area (Å²) in [6, 6.07) is 11.2. The molecule has 1 saturated heterocycles. The molecule has 4 aromatic rings. The van der Waals surface area contributed by atoms with Gasteiger partial charge in [0.05, 0.1) is 23.3 Å². The summed E-state index contributed by atoms with van der Waals surface area (Å²) in [5.41, 5.74) is 8.78. The highest BCUT2D eigenvalue weighted by Gasteiger charge is 2.36. The molecule has 0 spiro atoms. The highest BCUT2D eigenvalue weighted by molar-refractivity contribution is 5.98. The van der Waals surface area contributed by atoms with Crippen molar-refractivity contribution in [3.8, 4) is 0 Å². The van der Waals surface area contributed by atoms with Crippen molar-refractivity contribution >= 4 is 45.6 Å². The molecule has 6 N–H and O–H groups in total. The number of imidazole rings is 1. The third kappa shape index (κ3) is 8.22. The molecule has 1 fully saturated rings. The van der Waals surface area contributed by atoms with E-state index in [9.17, 15) is 19.2 Å². The SMILES string of the molecule is C[C@@H](c1c[nH]c2ccccc12)C(NC(=O)C1CCCN(C(=O)c2ccc3nc[nH]c3c2)C1)C(=O)N[C@@H](CCCCN)C(=O)OC(C)(C)C. The lowest BCUT2D eigenvalue weighted by Crippen LogP contribution is -2.56. The number of hydrogen-bond donors (Lipinski definition) is 5. The number of fused-ring (bicyclic) bond motifs is 2. The number of aromatic nitrogens is 3. The van der Waals surface area contributed by atoms with E-state index in [1.807, 2.05) is 37.4 Å². The van der Waals surface area contributed by atoms with Crippen molar-refractivity contribution in [3.63, 3.8) is 0 Å². The zero-order chi connectivity index (χ0) is 34.4. The number of hydrogen-bond acceptors (Lipinski definition) is 7. The second kappa shape index (κ2) is 15.0. The van der Waals surface area contributed by atoms with Crippen LogP contribution in [0.5, 0.6) is 0 Å². The van der Waals surface area contributed by atoms with Gasteiger partial charge in [-0.15, -0.1) is 0 Å². The average Bonchev–Trinajstić information content (AvgIpc) is 3.72. The molecule has 12 heteroatoms. The summed E-state index contributed by atoms with van der Waals surface area (Å²) in [6.45, 7) is 8.43. The van der Waals surface area contributed by atoms with Crippen LogP contribution < -0.4 is 16.4 Å². The Kier molecular flexibility index (Phi) is 10.8. The van der Waals surface area contributed by atoms with Crippen molar-refractivity contribution in [2.24, 2.45) is 11.7 Å². The van der Waals surface area contributed by atoms with Gasteiger partial charge in [-0.2, -0.15) is 0 Å². The van der Waals surface area contributed by atoms with Crippen LogP contribution in [-0.2, 0) is 19.1 Å². The molecule has 0 aliphatic carbocycles. The number of carbonyl (C=O) groups is 4. The molecule has 1 aliphatic rings. The number of rotatable bonds is 12.